The fraction of sp³-hybridized carbons (Fsp3) is 0.577. The molecule has 8 nitrogen and oxygen atoms in total. The third kappa shape index (κ3) is 4.38. The van der Waals surface area contributed by atoms with Crippen molar-refractivity contribution in [2.75, 3.05) is 37.8 Å². The van der Waals surface area contributed by atoms with Crippen molar-refractivity contribution in [1.82, 2.24) is 19.7 Å². The van der Waals surface area contributed by atoms with E-state index in [9.17, 15) is 9.59 Å². The number of quaternary nitrogens is 1. The normalized spacial score (nSPS) is 25.4. The minimum atomic E-state index is -0.634. The molecule has 1 atom stereocenters. The van der Waals surface area contributed by atoms with Crippen LogP contribution in [0.15, 0.2) is 41.3 Å². The van der Waals surface area contributed by atoms with Crippen LogP contribution in [0.5, 0.6) is 0 Å². The Labute approximate surface area is 211 Å². The van der Waals surface area contributed by atoms with Crippen molar-refractivity contribution >= 4 is 23.6 Å². The number of fused-ring (bicyclic) bond motifs is 1. The number of nitrogens with zero attached hydrogens (tertiary/aromatic N) is 5. The van der Waals surface area contributed by atoms with E-state index in [0.717, 1.165) is 49.6 Å². The molecule has 4 aliphatic rings. The van der Waals surface area contributed by atoms with Crippen LogP contribution < -0.4 is 0 Å². The van der Waals surface area contributed by atoms with Crippen LogP contribution >= 0.6 is 11.8 Å². The molecule has 1 aromatic rings. The van der Waals surface area contributed by atoms with E-state index >= 15 is 0 Å². The van der Waals surface area contributed by atoms with Crippen LogP contribution in [0.3, 0.4) is 0 Å². The molecule has 0 aromatic carbocycles. The summed E-state index contributed by atoms with van der Waals surface area (Å²) in [6.45, 7) is 12.6. The molecular weight excluding hydrogens is 462 g/mol. The molecule has 0 N–H and O–H groups in total. The molecule has 0 unspecified atom stereocenters. The van der Waals surface area contributed by atoms with E-state index in [2.05, 4.69) is 28.9 Å². The second kappa shape index (κ2) is 8.94. The summed E-state index contributed by atoms with van der Waals surface area (Å²) in [7, 11) is 0. The van der Waals surface area contributed by atoms with Crippen molar-refractivity contribution in [3.05, 3.63) is 52.6 Å². The van der Waals surface area contributed by atoms with Gasteiger partial charge in [0.05, 0.1) is 36.3 Å². The summed E-state index contributed by atoms with van der Waals surface area (Å²) in [4.78, 5) is 29.0. The molecule has 0 radical (unpaired) electrons. The lowest BCUT2D eigenvalue weighted by Gasteiger charge is -2.43. The molecule has 0 spiro atoms. The van der Waals surface area contributed by atoms with E-state index in [0.29, 0.717) is 34.2 Å². The maximum atomic E-state index is 13.6. The minimum absolute atomic E-state index is 0.0328. The van der Waals surface area contributed by atoms with E-state index in [1.807, 2.05) is 44.7 Å². The van der Waals surface area contributed by atoms with Crippen molar-refractivity contribution in [1.29, 1.82) is 0 Å². The lowest BCUT2D eigenvalue weighted by molar-refractivity contribution is -0.949. The number of thioether (sulfide) groups is 1. The van der Waals surface area contributed by atoms with E-state index in [-0.39, 0.29) is 5.91 Å². The van der Waals surface area contributed by atoms with Crippen molar-refractivity contribution in [2.45, 2.75) is 59.1 Å². The number of amides is 1. The minimum Gasteiger partial charge on any atom is -0.456 e. The molecule has 0 aliphatic carbocycles. The van der Waals surface area contributed by atoms with Gasteiger partial charge in [-0.15, -0.1) is 16.8 Å². The van der Waals surface area contributed by atoms with Gasteiger partial charge in [0, 0.05) is 24.1 Å². The largest absolute Gasteiger partial charge is 0.456 e. The molecule has 1 amide bonds. The summed E-state index contributed by atoms with van der Waals surface area (Å²) < 4.78 is 8.38. The van der Waals surface area contributed by atoms with Crippen LogP contribution in [-0.2, 0) is 14.3 Å². The number of allylic oxidation sites excluding steroid dienone is 2. The van der Waals surface area contributed by atoms with Gasteiger partial charge in [0.1, 0.15) is 23.9 Å². The van der Waals surface area contributed by atoms with Crippen LogP contribution in [-0.4, -0.2) is 79.6 Å². The number of carbonyl (C=O) groups excluding carboxylic acids is 2. The standard InChI is InChI=1S/C26H36N5O3S/c1-18-15-19(2)30(27-18)20-8-10-29(11-9-20)31-13-6-7-22(31)23(25(33)34-26(3,4)5)21(16-31)24(32)28-12-14-35-17-28/h6-7,13,15,20H,8-12,14,16-17H2,1-5H3/q+1/t31-/m1/s1. The molecule has 35 heavy (non-hydrogen) atoms. The van der Waals surface area contributed by atoms with Gasteiger partial charge in [-0.2, -0.15) is 9.69 Å². The second-order valence-electron chi connectivity index (χ2n) is 10.9. The quantitative estimate of drug-likeness (QED) is 0.468. The molecule has 9 heteroatoms. The van der Waals surface area contributed by atoms with Gasteiger partial charge in [-0.3, -0.25) is 9.48 Å². The molecule has 2 fully saturated rings. The van der Waals surface area contributed by atoms with Gasteiger partial charge in [0.25, 0.3) is 5.91 Å². The number of hydrogen-bond acceptors (Lipinski definition) is 6. The van der Waals surface area contributed by atoms with Crippen molar-refractivity contribution in [3.63, 3.8) is 0 Å². The van der Waals surface area contributed by atoms with Crippen LogP contribution in [0, 0.1) is 13.8 Å². The Morgan fingerprint density at radius 3 is 2.51 bits per heavy atom. The number of carbonyl (C=O) groups is 2. The maximum absolute atomic E-state index is 13.6. The van der Waals surface area contributed by atoms with E-state index < -0.39 is 11.6 Å². The zero-order valence-electron chi connectivity index (χ0n) is 21.4. The van der Waals surface area contributed by atoms with E-state index in [1.54, 1.807) is 11.8 Å². The second-order valence-corrected chi connectivity index (χ2v) is 12.0. The van der Waals surface area contributed by atoms with Gasteiger partial charge in [0.15, 0.2) is 5.70 Å². The Hall–Kier alpha value is -2.36. The van der Waals surface area contributed by atoms with Crippen molar-refractivity contribution in [3.8, 4) is 0 Å². The summed E-state index contributed by atoms with van der Waals surface area (Å²) >= 11 is 1.75. The predicted molar refractivity (Wildman–Crippen MR) is 136 cm³/mol. The number of ether oxygens (including phenoxy) is 1. The Kier molecular flexibility index (Phi) is 6.22. The molecule has 188 valence electrons. The van der Waals surface area contributed by atoms with E-state index in [4.69, 9.17) is 9.84 Å². The Balaban J connectivity index is 1.43. The first-order valence-corrected chi connectivity index (χ1v) is 13.6. The van der Waals surface area contributed by atoms with Crippen molar-refractivity contribution in [2.24, 2.45) is 0 Å². The summed E-state index contributed by atoms with van der Waals surface area (Å²) in [5, 5.41) is 7.12. The van der Waals surface area contributed by atoms with Gasteiger partial charge in [-0.1, -0.05) is 0 Å². The first-order valence-electron chi connectivity index (χ1n) is 12.5. The zero-order chi connectivity index (χ0) is 25.0. The fourth-order valence-corrected chi connectivity index (χ4v) is 6.63. The number of esters is 1. The predicted octanol–water partition coefficient (Wildman–Crippen LogP) is 3.46. The van der Waals surface area contributed by atoms with Crippen molar-refractivity contribution < 1.29 is 18.9 Å². The molecule has 2 saturated heterocycles. The average Bonchev–Trinajstić information content (AvgIpc) is 3.56. The van der Waals surface area contributed by atoms with Gasteiger partial charge < -0.3 is 9.64 Å². The highest BCUT2D eigenvalue weighted by atomic mass is 32.2. The van der Waals surface area contributed by atoms with Crippen LogP contribution in [0.25, 0.3) is 0 Å². The van der Waals surface area contributed by atoms with Crippen LogP contribution in [0.2, 0.25) is 0 Å². The molecule has 4 aliphatic heterocycles. The third-order valence-electron chi connectivity index (χ3n) is 7.20. The highest BCUT2D eigenvalue weighted by molar-refractivity contribution is 7.99. The average molecular weight is 499 g/mol. The first-order chi connectivity index (χ1) is 16.6. The summed E-state index contributed by atoms with van der Waals surface area (Å²) in [6, 6.07) is 2.49. The highest BCUT2D eigenvalue weighted by Gasteiger charge is 2.54. The number of hydrogen-bond donors (Lipinski definition) is 0. The Morgan fingerprint density at radius 2 is 1.91 bits per heavy atom. The lowest BCUT2D eigenvalue weighted by atomic mass is 10.1. The molecule has 0 bridgehead atoms. The molecule has 5 heterocycles. The molecule has 1 aromatic heterocycles. The molecule has 5 rings (SSSR count). The number of aryl methyl sites for hydroxylation is 2. The monoisotopic (exact) mass is 498 g/mol. The lowest BCUT2D eigenvalue weighted by Crippen LogP contribution is -2.56. The SMILES string of the molecule is Cc1cc(C)n(C2CCN([N@@+]34C=CC=C3C(C(=O)OC(C)(C)C)=C(C(=O)N3CCSC3)C4)CC2)n1. The topological polar surface area (TPSA) is 67.7 Å². The highest BCUT2D eigenvalue weighted by Crippen LogP contribution is 2.44. The molecular formula is C26H36N5O3S+. The summed E-state index contributed by atoms with van der Waals surface area (Å²) in [5.41, 5.74) is 3.50. The number of piperidine rings is 1. The van der Waals surface area contributed by atoms with Gasteiger partial charge in [-0.25, -0.2) is 4.79 Å². The van der Waals surface area contributed by atoms with Crippen LogP contribution in [0.1, 0.15) is 51.0 Å². The zero-order valence-corrected chi connectivity index (χ0v) is 22.2. The maximum Gasteiger partial charge on any atom is 0.345 e. The third-order valence-corrected chi connectivity index (χ3v) is 8.16. The van der Waals surface area contributed by atoms with Gasteiger partial charge in [0.2, 0.25) is 0 Å². The summed E-state index contributed by atoms with van der Waals surface area (Å²) in [6.07, 6.45) is 8.07. The van der Waals surface area contributed by atoms with Gasteiger partial charge in [-0.05, 0) is 59.6 Å². The number of rotatable bonds is 4. The Morgan fingerprint density at radius 1 is 1.17 bits per heavy atom. The summed E-state index contributed by atoms with van der Waals surface area (Å²) in [5.74, 6) is 1.17. The first kappa shape index (κ1) is 24.3. The van der Waals surface area contributed by atoms with Crippen LogP contribution in [0.4, 0.5) is 0 Å². The molecule has 0 saturated carbocycles. The van der Waals surface area contributed by atoms with E-state index in [1.165, 1.54) is 5.69 Å². The number of aromatic nitrogens is 2. The Bertz CT molecular complexity index is 1130. The van der Waals surface area contributed by atoms with Gasteiger partial charge >= 0.3 is 5.97 Å². The smallest absolute Gasteiger partial charge is 0.345 e. The fourth-order valence-electron chi connectivity index (χ4n) is 5.69.